The lowest BCUT2D eigenvalue weighted by atomic mass is 10.5. The third kappa shape index (κ3) is 2.14. The molecule has 0 unspecified atom stereocenters. The smallest absolute Gasteiger partial charge is 0.292 e. The maximum Gasteiger partial charge on any atom is 0.292 e. The lowest BCUT2D eigenvalue weighted by Gasteiger charge is -1.95. The zero-order chi connectivity index (χ0) is 7.40. The van der Waals surface area contributed by atoms with Gasteiger partial charge in [0.05, 0.1) is 0 Å². The summed E-state index contributed by atoms with van der Waals surface area (Å²) in [6, 6.07) is 5.29. The van der Waals surface area contributed by atoms with Crippen LogP contribution >= 0.6 is 15.9 Å². The van der Waals surface area contributed by atoms with E-state index in [9.17, 15) is 4.79 Å². The summed E-state index contributed by atoms with van der Waals surface area (Å²) in [6.45, 7) is 0. The van der Waals surface area contributed by atoms with Crippen LogP contribution in [-0.2, 0) is 0 Å². The number of nitrogens with zero attached hydrogens (tertiary/aromatic N) is 1. The highest BCUT2D eigenvalue weighted by atomic mass is 79.9. The molecule has 3 nitrogen and oxygen atoms in total. The maximum absolute atomic E-state index is 10.4. The van der Waals surface area contributed by atoms with E-state index in [1.165, 1.54) is 0 Å². The van der Waals surface area contributed by atoms with Crippen LogP contribution in [-0.4, -0.2) is 9.80 Å². The molecule has 0 aliphatic rings. The van der Waals surface area contributed by atoms with E-state index in [1.807, 2.05) is 0 Å². The summed E-state index contributed by atoms with van der Waals surface area (Å²) >= 11 is 2.72. The molecule has 0 aliphatic carbocycles. The molecule has 0 aliphatic heterocycles. The van der Waals surface area contributed by atoms with Gasteiger partial charge in [-0.3, -0.25) is 4.79 Å². The van der Waals surface area contributed by atoms with Crippen molar-refractivity contribution in [2.24, 2.45) is 0 Å². The number of hydrogen-bond donors (Lipinski definition) is 1. The van der Waals surface area contributed by atoms with Gasteiger partial charge >= 0.3 is 0 Å². The fraction of sp³-hybridized carbons (Fsp3) is 0. The summed E-state index contributed by atoms with van der Waals surface area (Å²) in [5.74, 6) is 0.546. The third-order valence-corrected chi connectivity index (χ3v) is 1.09. The molecule has 0 saturated heterocycles. The first-order valence-electron chi connectivity index (χ1n) is 2.66. The Bertz CT molecular complexity index is 224. The van der Waals surface area contributed by atoms with Gasteiger partial charge in [0.1, 0.15) is 5.82 Å². The molecule has 1 amide bonds. The van der Waals surface area contributed by atoms with Gasteiger partial charge in [-0.05, 0) is 12.1 Å². The van der Waals surface area contributed by atoms with Crippen molar-refractivity contribution in [2.45, 2.75) is 0 Å². The molecule has 10 heavy (non-hydrogen) atoms. The van der Waals surface area contributed by atoms with Gasteiger partial charge in [-0.1, -0.05) is 6.07 Å². The molecular formula is C6H5BrN2O. The van der Waals surface area contributed by atoms with Crippen molar-refractivity contribution in [3.8, 4) is 0 Å². The highest BCUT2D eigenvalue weighted by molar-refractivity contribution is 9.18. The number of pyridine rings is 1. The van der Waals surface area contributed by atoms with Crippen molar-refractivity contribution >= 4 is 26.6 Å². The third-order valence-electron chi connectivity index (χ3n) is 0.891. The number of halogens is 1. The minimum absolute atomic E-state index is 0.286. The summed E-state index contributed by atoms with van der Waals surface area (Å²) in [4.78, 5) is 13.9. The molecule has 1 aromatic rings. The highest BCUT2D eigenvalue weighted by Crippen LogP contribution is 2.01. The number of anilines is 1. The van der Waals surface area contributed by atoms with Crippen LogP contribution in [0.1, 0.15) is 0 Å². The maximum atomic E-state index is 10.4. The molecule has 0 saturated carbocycles. The van der Waals surface area contributed by atoms with Gasteiger partial charge in [0, 0.05) is 22.1 Å². The van der Waals surface area contributed by atoms with Crippen LogP contribution in [0.4, 0.5) is 10.6 Å². The SMILES string of the molecule is O=C(Br)Nc1ccccn1. The molecule has 0 bridgehead atoms. The summed E-state index contributed by atoms with van der Waals surface area (Å²) in [5, 5.41) is 2.47. The van der Waals surface area contributed by atoms with Crippen molar-refractivity contribution in [3.63, 3.8) is 0 Å². The van der Waals surface area contributed by atoms with Crippen molar-refractivity contribution in [2.75, 3.05) is 5.32 Å². The predicted molar refractivity (Wildman–Crippen MR) is 42.2 cm³/mol. The normalized spacial score (nSPS) is 8.90. The molecule has 1 heterocycles. The summed E-state index contributed by atoms with van der Waals surface area (Å²) in [7, 11) is 0. The van der Waals surface area contributed by atoms with Gasteiger partial charge in [-0.15, -0.1) is 0 Å². The zero-order valence-corrected chi connectivity index (χ0v) is 6.63. The van der Waals surface area contributed by atoms with Crippen molar-refractivity contribution < 1.29 is 4.79 Å². The average molecular weight is 201 g/mol. The van der Waals surface area contributed by atoms with Crippen LogP contribution in [0.5, 0.6) is 0 Å². The molecular weight excluding hydrogens is 196 g/mol. The van der Waals surface area contributed by atoms with Gasteiger partial charge in [-0.25, -0.2) is 4.98 Å². The summed E-state index contributed by atoms with van der Waals surface area (Å²) in [6.07, 6.45) is 1.61. The van der Waals surface area contributed by atoms with Crippen LogP contribution < -0.4 is 5.32 Å². The van der Waals surface area contributed by atoms with E-state index < -0.39 is 0 Å². The Balaban J connectivity index is 2.67. The van der Waals surface area contributed by atoms with E-state index in [-0.39, 0.29) is 4.82 Å². The van der Waals surface area contributed by atoms with Gasteiger partial charge in [0.25, 0.3) is 4.82 Å². The van der Waals surface area contributed by atoms with Gasteiger partial charge in [0.15, 0.2) is 0 Å². The molecule has 1 rings (SSSR count). The fourth-order valence-corrected chi connectivity index (χ4v) is 0.741. The number of carbonyl (C=O) groups is 1. The monoisotopic (exact) mass is 200 g/mol. The number of nitrogens with one attached hydrogen (secondary N) is 1. The Morgan fingerprint density at radius 2 is 2.40 bits per heavy atom. The standard InChI is InChI=1S/C6H5BrN2O/c7-6(10)9-5-3-1-2-4-8-5/h1-4H,(H,8,9,10). The largest absolute Gasteiger partial charge is 0.301 e. The molecule has 0 fully saturated rings. The van der Waals surface area contributed by atoms with E-state index in [2.05, 4.69) is 26.2 Å². The number of amides is 1. The van der Waals surface area contributed by atoms with E-state index in [0.717, 1.165) is 0 Å². The number of aromatic nitrogens is 1. The molecule has 4 heteroatoms. The number of hydrogen-bond acceptors (Lipinski definition) is 2. The minimum Gasteiger partial charge on any atom is -0.301 e. The van der Waals surface area contributed by atoms with Crippen molar-refractivity contribution in [1.82, 2.24) is 4.98 Å². The Kier molecular flexibility index (Phi) is 2.39. The number of carbonyl (C=O) groups excluding carboxylic acids is 1. The second-order valence-electron chi connectivity index (χ2n) is 1.61. The van der Waals surface area contributed by atoms with Crippen molar-refractivity contribution in [1.29, 1.82) is 0 Å². The first-order valence-corrected chi connectivity index (χ1v) is 3.46. The van der Waals surface area contributed by atoms with Crippen LogP contribution in [0, 0.1) is 0 Å². The molecule has 52 valence electrons. The molecule has 0 spiro atoms. The van der Waals surface area contributed by atoms with Crippen LogP contribution in [0.2, 0.25) is 0 Å². The molecule has 1 N–H and O–H groups in total. The first kappa shape index (κ1) is 7.21. The number of rotatable bonds is 1. The molecule has 0 atom stereocenters. The fourth-order valence-electron chi connectivity index (χ4n) is 0.537. The van der Waals surface area contributed by atoms with E-state index in [0.29, 0.717) is 5.82 Å². The topological polar surface area (TPSA) is 42.0 Å². The Hall–Kier alpha value is -0.900. The molecule has 1 aromatic heterocycles. The van der Waals surface area contributed by atoms with E-state index >= 15 is 0 Å². The average Bonchev–Trinajstić information content (AvgIpc) is 1.88. The summed E-state index contributed by atoms with van der Waals surface area (Å²) in [5.41, 5.74) is 0. The highest BCUT2D eigenvalue weighted by Gasteiger charge is 1.93. The van der Waals surface area contributed by atoms with Crippen LogP contribution in [0.25, 0.3) is 0 Å². The Morgan fingerprint density at radius 1 is 1.60 bits per heavy atom. The zero-order valence-electron chi connectivity index (χ0n) is 5.04. The van der Waals surface area contributed by atoms with Gasteiger partial charge in [-0.2, -0.15) is 0 Å². The minimum atomic E-state index is -0.286. The second kappa shape index (κ2) is 3.31. The van der Waals surface area contributed by atoms with E-state index in [4.69, 9.17) is 0 Å². The molecule has 0 aromatic carbocycles. The summed E-state index contributed by atoms with van der Waals surface area (Å²) < 4.78 is 0. The van der Waals surface area contributed by atoms with Gasteiger partial charge in [0.2, 0.25) is 0 Å². The lowest BCUT2D eigenvalue weighted by Crippen LogP contribution is -2.01. The quantitative estimate of drug-likeness (QED) is 0.557. The Labute approximate surface area is 66.6 Å². The second-order valence-corrected chi connectivity index (χ2v) is 2.33. The van der Waals surface area contributed by atoms with E-state index in [1.54, 1.807) is 24.4 Å². The van der Waals surface area contributed by atoms with Gasteiger partial charge < -0.3 is 5.32 Å². The predicted octanol–water partition coefficient (Wildman–Crippen LogP) is 2.01. The molecule has 0 radical (unpaired) electrons. The Morgan fingerprint density at radius 3 is 2.90 bits per heavy atom. The van der Waals surface area contributed by atoms with Crippen molar-refractivity contribution in [3.05, 3.63) is 24.4 Å². The van der Waals surface area contributed by atoms with Crippen LogP contribution in [0.15, 0.2) is 24.4 Å². The first-order chi connectivity index (χ1) is 4.79. The lowest BCUT2D eigenvalue weighted by molar-refractivity contribution is 0.270. The van der Waals surface area contributed by atoms with Crippen LogP contribution in [0.3, 0.4) is 0 Å².